The van der Waals surface area contributed by atoms with Gasteiger partial charge in [-0.1, -0.05) is 163 Å². The molecule has 0 spiro atoms. The van der Waals surface area contributed by atoms with Crippen LogP contribution >= 0.6 is 0 Å². The van der Waals surface area contributed by atoms with Crippen LogP contribution in [0, 0.1) is 10.8 Å². The van der Waals surface area contributed by atoms with Crippen LogP contribution in [0.4, 0.5) is 9.59 Å². The van der Waals surface area contributed by atoms with Gasteiger partial charge in [0.2, 0.25) is 6.10 Å². The Morgan fingerprint density at radius 2 is 0.822 bits per heavy atom. The largest absolute Gasteiger partial charge is 0.480 e. The zero-order valence-electron chi connectivity index (χ0n) is 97.4. The van der Waals surface area contributed by atoms with Crippen molar-refractivity contribution in [3.63, 3.8) is 0 Å². The first-order valence-corrected chi connectivity index (χ1v) is 24.4. The summed E-state index contributed by atoms with van der Waals surface area (Å²) in [4.78, 5) is 76.4. The van der Waals surface area contributed by atoms with Gasteiger partial charge < -0.3 is 33.9 Å². The molecule has 0 saturated heterocycles. The Morgan fingerprint density at radius 1 is 0.493 bits per heavy atom. The van der Waals surface area contributed by atoms with E-state index in [1.807, 2.05) is 163 Å². The van der Waals surface area contributed by atoms with Crippen LogP contribution < -0.4 is 0 Å². The van der Waals surface area contributed by atoms with Gasteiger partial charge in [-0.15, -0.1) is 0 Å². The molecule has 15 nitrogen and oxygen atoms in total. The second kappa shape index (κ2) is 29.1. The topological polar surface area (TPSA) is 196 Å². The number of hydrogen-bond donors (Lipinski definition) is 2. The van der Waals surface area contributed by atoms with Crippen molar-refractivity contribution in [2.45, 2.75) is 157 Å². The van der Waals surface area contributed by atoms with Crippen molar-refractivity contribution >= 4 is 36.1 Å². The Balaban J connectivity index is -0.0000000424. The molecule has 2 N–H and O–H groups in total. The summed E-state index contributed by atoms with van der Waals surface area (Å²) in [6.07, 6.45) is -2.42. The van der Waals surface area contributed by atoms with Gasteiger partial charge in [0.15, 0.2) is 6.10 Å². The van der Waals surface area contributed by atoms with Crippen LogP contribution in [0.2, 0.25) is 0 Å². The molecular formula is C58H132N2O13. The Kier molecular flexibility index (Phi) is 12.9. The summed E-state index contributed by atoms with van der Waals surface area (Å²) in [7, 11) is 2.96. The minimum absolute atomic E-state index is 0.0613. The van der Waals surface area contributed by atoms with E-state index in [1.54, 1.807) is 41.5 Å². The maximum absolute atomic E-state index is 13.4. The second-order valence-corrected chi connectivity index (χ2v) is 22.1. The SMILES string of the molecule is CN(C(=O)OC(C)(C)C)[C@@H](CC(C)(C)C)C(=O)O.CN(C(=O)OC(C)(C)C)[C@@H](CC(C)(C)C)C(=O)O[C@H](Cc1ccccc1)C(=O)OCc1ccccc1.O=C(OCc1ccccc1)[C@H](O)Cc1ccccc1.[2H][2H].[2H][2H].[2H][2H].[2H][2H].[2H][2H].[2H][2H].[2H][2H].[2H][2H].[2H][2H].[2H][2H].[2H][2H].[2H][2H].[2H][2H].[2H][2H].[2H][2H].[2H][2H].[2H][2H].[2H][2H].[2H][2H].[2H][2H].[2H][2H].[2H][2H].[2H][2H].[2H][2H].[2H][2H].[2H][2H]. The summed E-state index contributed by atoms with van der Waals surface area (Å²) >= 11 is 0. The number of nitrogens with zero attached hydrogens (tertiary/aromatic N) is 2. The Bertz CT molecular complexity index is 2420. The Labute approximate surface area is 513 Å². The second-order valence-electron chi connectivity index (χ2n) is 22.1. The zero-order valence-corrected chi connectivity index (χ0v) is 45.4. The molecule has 4 atom stereocenters. The van der Waals surface area contributed by atoms with Crippen LogP contribution in [0.15, 0.2) is 121 Å². The quantitative estimate of drug-likeness (QED) is 0.0749. The minimum atomic E-state index is -1.17. The Morgan fingerprint density at radius 3 is 1.18 bits per heavy atom. The molecule has 4 aromatic carbocycles. The number of ether oxygens (including phenoxy) is 5. The summed E-state index contributed by atoms with van der Waals surface area (Å²) in [6, 6.07) is 35.5. The van der Waals surface area contributed by atoms with Crippen molar-refractivity contribution in [2.24, 2.45) is 10.8 Å². The van der Waals surface area contributed by atoms with Crippen molar-refractivity contribution in [2.75, 3.05) is 14.1 Å². The average molecular weight is 1120 g/mol. The van der Waals surface area contributed by atoms with Gasteiger partial charge in [-0.3, -0.25) is 9.80 Å². The molecule has 0 aliphatic carbocycles. The van der Waals surface area contributed by atoms with Gasteiger partial charge in [0.1, 0.15) is 36.5 Å². The number of carbonyl (C=O) groups is 6. The lowest BCUT2D eigenvalue weighted by Crippen LogP contribution is -2.48. The van der Waals surface area contributed by atoms with Crippen molar-refractivity contribution in [1.29, 1.82) is 0 Å². The van der Waals surface area contributed by atoms with Crippen LogP contribution in [-0.4, -0.2) is 106 Å². The number of esters is 3. The highest BCUT2D eigenvalue weighted by atomic mass is 16.6. The van der Waals surface area contributed by atoms with Gasteiger partial charge in [-0.05, 0) is 87.5 Å². The van der Waals surface area contributed by atoms with E-state index < -0.39 is 71.6 Å². The van der Waals surface area contributed by atoms with E-state index in [2.05, 4.69) is 0 Å². The minimum Gasteiger partial charge on any atom is -0.480 e. The number of benzene rings is 4. The fraction of sp³-hybridized carbons (Fsp3) is 0.483. The predicted octanol–water partition coefficient (Wildman–Crippen LogP) is 17.0. The smallest absolute Gasteiger partial charge is 0.410 e. The number of aliphatic carboxylic acids is 1. The maximum Gasteiger partial charge on any atom is 0.410 e. The molecule has 452 valence electrons. The van der Waals surface area contributed by atoms with E-state index in [0.29, 0.717) is 12.8 Å². The molecule has 4 rings (SSSR count). The first-order valence-electron chi connectivity index (χ1n) is 50.4. The fourth-order valence-electron chi connectivity index (χ4n) is 6.64. The van der Waals surface area contributed by atoms with E-state index in [0.717, 1.165) is 27.2 Å². The van der Waals surface area contributed by atoms with Crippen LogP contribution in [0.1, 0.15) is 195 Å². The van der Waals surface area contributed by atoms with Crippen LogP contribution in [-0.2, 0) is 68.9 Å². The number of carboxylic acid groups (broad SMARTS) is 1. The molecule has 0 aliphatic rings. The normalized spacial score (nSPS) is 15.9. The molecule has 0 unspecified atom stereocenters. The van der Waals surface area contributed by atoms with Crippen molar-refractivity contribution in [3.8, 4) is 0 Å². The first-order chi connectivity index (χ1) is 59.8. The summed E-state index contributed by atoms with van der Waals surface area (Å²) in [5, 5.41) is 19.0. The fourth-order valence-corrected chi connectivity index (χ4v) is 6.64. The summed E-state index contributed by atoms with van der Waals surface area (Å²) in [6.45, 7) is 22.5. The van der Waals surface area contributed by atoms with Gasteiger partial charge in [0, 0.05) is 104 Å². The van der Waals surface area contributed by atoms with E-state index in [4.69, 9.17) is 101 Å². The molecule has 0 saturated carbocycles. The highest BCUT2D eigenvalue weighted by molar-refractivity contribution is 5.85. The number of likely N-dealkylation sites (N-methyl/N-ethyl adjacent to an activating group) is 2. The summed E-state index contributed by atoms with van der Waals surface area (Å²) in [5.74, 6) is -2.94. The van der Waals surface area contributed by atoms with Crippen molar-refractivity contribution in [1.82, 2.24) is 9.80 Å². The lowest BCUT2D eigenvalue weighted by Gasteiger charge is -2.33. The van der Waals surface area contributed by atoms with E-state index in [-0.39, 0.29) is 36.9 Å². The van der Waals surface area contributed by atoms with Crippen LogP contribution in [0.5, 0.6) is 0 Å². The van der Waals surface area contributed by atoms with Gasteiger partial charge in [0.05, 0.1) is 0 Å². The molecule has 0 heterocycles. The average Bonchev–Trinajstić information content (AvgIpc) is 0.835. The molecular weight excluding hydrogens is 933 g/mol. The molecule has 0 aliphatic heterocycles. The third-order valence-corrected chi connectivity index (χ3v) is 10.2. The number of carboxylic acids is 1. The number of carbonyl (C=O) groups excluding carboxylic acids is 5. The first kappa shape index (κ1) is 32.4. The number of rotatable bonds is 17. The van der Waals surface area contributed by atoms with Crippen molar-refractivity contribution in [3.05, 3.63) is 144 Å². The van der Waals surface area contributed by atoms with Crippen LogP contribution in [0.25, 0.3) is 0 Å². The molecule has 0 aromatic heterocycles. The summed E-state index contributed by atoms with van der Waals surface area (Å²) in [5.41, 5.74) is 1.62. The highest BCUT2D eigenvalue weighted by Crippen LogP contribution is 2.27. The van der Waals surface area contributed by atoms with Crippen LogP contribution in [0.3, 0.4) is 0 Å². The molecule has 0 bridgehead atoms. The van der Waals surface area contributed by atoms with Gasteiger partial charge in [0.25, 0.3) is 0 Å². The van der Waals surface area contributed by atoms with E-state index in [1.165, 1.54) is 19.0 Å². The summed E-state index contributed by atoms with van der Waals surface area (Å²) < 4.78 is 287. The highest BCUT2D eigenvalue weighted by Gasteiger charge is 2.38. The van der Waals surface area contributed by atoms with E-state index >= 15 is 0 Å². The van der Waals surface area contributed by atoms with Gasteiger partial charge >= 0.3 is 36.1 Å². The lowest BCUT2D eigenvalue weighted by molar-refractivity contribution is -0.172. The van der Waals surface area contributed by atoms with Crippen molar-refractivity contribution < 1.29 is 140 Å². The third kappa shape index (κ3) is 26.5. The standard InChI is InChI=1S/C29H39NO6.C16H16O3.C13H25NO4.26H2/c1-28(2,3)19-23(30(7)27(33)36-29(4,5)6)25(31)35-24(18-21-14-10-8-11-15-21)26(32)34-20-22-16-12-9-13-17-22;17-15(11-13-7-3-1-4-8-13)16(18)19-12-14-9-5-2-6-10-14;1-12(2,3)8-9(10(15)16)14(7)11(17)18-13(4,5)6;;;;;;;;;;;;;;;;;;;;;;;;;;/h8-17,23-24H,18-20H2,1-7H3;1-10,15,17H,11-12H2;9H,8H2,1-7H3,(H,15,16);26*1H/t23-,24+;15-;9-;;;;;;;;;;;;;;;;;;;;;;;;;;/m010........................../s1/i;;;26*1+1D. The molecule has 0 fully saturated rings. The zero-order chi connectivity index (χ0) is 107. The molecule has 4 aromatic rings. The Hall–Kier alpha value is -6.74. The predicted molar refractivity (Wildman–Crippen MR) is 335 cm³/mol. The van der Waals surface area contributed by atoms with E-state index in [9.17, 15) is 39.0 Å². The number of amides is 2. The van der Waals surface area contributed by atoms with Gasteiger partial charge in [-0.2, -0.15) is 0 Å². The number of aliphatic hydroxyl groups excluding tert-OH is 1. The number of hydrogen-bond acceptors (Lipinski definition) is 12. The molecule has 73 heavy (non-hydrogen) atoms. The lowest BCUT2D eigenvalue weighted by atomic mass is 9.87. The molecule has 2 amide bonds. The van der Waals surface area contributed by atoms with Gasteiger partial charge in [-0.25, -0.2) is 28.8 Å². The maximum atomic E-state index is 13.4. The number of aliphatic hydroxyl groups is 1. The molecule has 0 radical (unpaired) electrons. The molecule has 15 heteroatoms. The third-order valence-electron chi connectivity index (χ3n) is 10.2. The monoisotopic (exact) mass is 1120 g/mol.